The van der Waals surface area contributed by atoms with Gasteiger partial charge in [0.15, 0.2) is 0 Å². The predicted octanol–water partition coefficient (Wildman–Crippen LogP) is 1.13. The maximum atomic E-state index is 10.6. The molecule has 0 aliphatic heterocycles. The summed E-state index contributed by atoms with van der Waals surface area (Å²) in [5, 5.41) is 0. The Labute approximate surface area is 60.9 Å². The zero-order valence-corrected chi connectivity index (χ0v) is 6.23. The van der Waals surface area contributed by atoms with Crippen molar-refractivity contribution < 1.29 is 9.53 Å². The Kier molecular flexibility index (Phi) is 4.06. The Morgan fingerprint density at radius 1 is 1.70 bits per heavy atom. The molecule has 0 aromatic heterocycles. The number of carbonyl (C=O) groups excluding carboxylic acids is 1. The van der Waals surface area contributed by atoms with Gasteiger partial charge in [0, 0.05) is 12.0 Å². The molecule has 0 heterocycles. The number of esters is 1. The lowest BCUT2D eigenvalue weighted by Crippen LogP contribution is -2.02. The largest absolute Gasteiger partial charge is 0.466 e. The smallest absolute Gasteiger partial charge is 0.334 e. The van der Waals surface area contributed by atoms with Gasteiger partial charge in [0.05, 0.1) is 7.11 Å². The molecule has 0 amide bonds. The van der Waals surface area contributed by atoms with E-state index in [4.69, 9.17) is 0 Å². The van der Waals surface area contributed by atoms with E-state index >= 15 is 0 Å². The first-order valence-electron chi connectivity index (χ1n) is 2.88. The minimum atomic E-state index is -0.386. The summed E-state index contributed by atoms with van der Waals surface area (Å²) in [6.07, 6.45) is 0.392. The van der Waals surface area contributed by atoms with E-state index in [-0.39, 0.29) is 5.97 Å². The predicted molar refractivity (Wildman–Crippen MR) is 39.2 cm³/mol. The highest BCUT2D eigenvalue weighted by Crippen LogP contribution is 1.97. The van der Waals surface area contributed by atoms with E-state index in [0.29, 0.717) is 12.0 Å². The fourth-order valence-electron chi connectivity index (χ4n) is 0.412. The second-order valence-electron chi connectivity index (χ2n) is 1.70. The van der Waals surface area contributed by atoms with Gasteiger partial charge < -0.3 is 4.74 Å². The van der Waals surface area contributed by atoms with E-state index in [1.165, 1.54) is 7.11 Å². The number of carbonyl (C=O) groups is 1. The molecular formula is C8H10O2. The Balaban J connectivity index is 3.81. The molecule has 0 fully saturated rings. The minimum Gasteiger partial charge on any atom is -0.466 e. The van der Waals surface area contributed by atoms with Crippen molar-refractivity contribution >= 4 is 5.97 Å². The van der Waals surface area contributed by atoms with Gasteiger partial charge in [0.2, 0.25) is 0 Å². The van der Waals surface area contributed by atoms with Crippen molar-refractivity contribution in [3.8, 4) is 11.8 Å². The van der Waals surface area contributed by atoms with Crippen LogP contribution in [0, 0.1) is 11.8 Å². The molecule has 0 N–H and O–H groups in total. The first kappa shape index (κ1) is 8.77. The molecule has 0 aromatic carbocycles. The lowest BCUT2D eigenvalue weighted by atomic mass is 10.2. The topological polar surface area (TPSA) is 26.3 Å². The maximum absolute atomic E-state index is 10.6. The quantitative estimate of drug-likeness (QED) is 0.325. The molecule has 54 valence electrons. The van der Waals surface area contributed by atoms with E-state index in [1.54, 1.807) is 6.92 Å². The highest BCUT2D eigenvalue weighted by atomic mass is 16.5. The molecular weight excluding hydrogens is 128 g/mol. The van der Waals surface area contributed by atoms with Crippen LogP contribution in [-0.2, 0) is 9.53 Å². The molecule has 0 saturated carbocycles. The summed E-state index contributed by atoms with van der Waals surface area (Å²) < 4.78 is 4.40. The summed E-state index contributed by atoms with van der Waals surface area (Å²) in [7, 11) is 1.33. The van der Waals surface area contributed by atoms with Crippen LogP contribution in [0.2, 0.25) is 0 Å². The number of hydrogen-bond donors (Lipinski definition) is 0. The Morgan fingerprint density at radius 2 is 2.30 bits per heavy atom. The van der Waals surface area contributed by atoms with Gasteiger partial charge in [-0.15, -0.1) is 5.92 Å². The van der Waals surface area contributed by atoms with Crippen molar-refractivity contribution in [1.29, 1.82) is 0 Å². The number of ether oxygens (including phenoxy) is 1. The molecule has 0 aliphatic rings. The van der Waals surface area contributed by atoms with Crippen molar-refractivity contribution in [2.45, 2.75) is 13.3 Å². The standard InChI is InChI=1S/C8H10O2/c1-4-5-6-7(2)8(9)10-3/h2,6H2,1,3H3. The van der Waals surface area contributed by atoms with E-state index in [1.807, 2.05) is 0 Å². The monoisotopic (exact) mass is 138 g/mol. The second-order valence-corrected chi connectivity index (χ2v) is 1.70. The highest BCUT2D eigenvalue weighted by Gasteiger charge is 2.02. The molecule has 2 nitrogen and oxygen atoms in total. The van der Waals surface area contributed by atoms with Crippen LogP contribution < -0.4 is 0 Å². The van der Waals surface area contributed by atoms with Gasteiger partial charge in [0.1, 0.15) is 0 Å². The summed E-state index contributed by atoms with van der Waals surface area (Å²) in [6, 6.07) is 0. The van der Waals surface area contributed by atoms with Gasteiger partial charge in [-0.05, 0) is 6.92 Å². The highest BCUT2D eigenvalue weighted by molar-refractivity contribution is 5.88. The van der Waals surface area contributed by atoms with Gasteiger partial charge >= 0.3 is 5.97 Å². The fourth-order valence-corrected chi connectivity index (χ4v) is 0.412. The van der Waals surface area contributed by atoms with E-state index in [9.17, 15) is 4.79 Å². The molecule has 0 unspecified atom stereocenters. The molecule has 0 aromatic rings. The van der Waals surface area contributed by atoms with Crippen LogP contribution in [0.4, 0.5) is 0 Å². The van der Waals surface area contributed by atoms with Crippen molar-refractivity contribution in [3.05, 3.63) is 12.2 Å². The van der Waals surface area contributed by atoms with Crippen molar-refractivity contribution in [2.24, 2.45) is 0 Å². The molecule has 0 bridgehead atoms. The van der Waals surface area contributed by atoms with Gasteiger partial charge in [-0.25, -0.2) is 4.79 Å². The molecule has 0 spiro atoms. The van der Waals surface area contributed by atoms with Crippen molar-refractivity contribution in [3.63, 3.8) is 0 Å². The van der Waals surface area contributed by atoms with Crippen LogP contribution in [0.1, 0.15) is 13.3 Å². The summed E-state index contributed by atoms with van der Waals surface area (Å²) in [4.78, 5) is 10.6. The SMILES string of the molecule is C=C(CC#CC)C(=O)OC. The third-order valence-electron chi connectivity index (χ3n) is 0.953. The summed E-state index contributed by atoms with van der Waals surface area (Å²) in [6.45, 7) is 5.20. The van der Waals surface area contributed by atoms with E-state index in [2.05, 4.69) is 23.2 Å². The Bertz CT molecular complexity index is 193. The van der Waals surface area contributed by atoms with Gasteiger partial charge in [-0.3, -0.25) is 0 Å². The second kappa shape index (κ2) is 4.63. The zero-order chi connectivity index (χ0) is 7.98. The lowest BCUT2D eigenvalue weighted by Gasteiger charge is -1.96. The average Bonchev–Trinajstić information content (AvgIpc) is 1.98. The van der Waals surface area contributed by atoms with Crippen LogP contribution in [-0.4, -0.2) is 13.1 Å². The third-order valence-corrected chi connectivity index (χ3v) is 0.953. The third kappa shape index (κ3) is 2.93. The van der Waals surface area contributed by atoms with Crippen LogP contribution in [0.3, 0.4) is 0 Å². The number of hydrogen-bond acceptors (Lipinski definition) is 2. The Morgan fingerprint density at radius 3 is 2.70 bits per heavy atom. The summed E-state index contributed by atoms with van der Waals surface area (Å²) in [5.74, 6) is 4.99. The van der Waals surface area contributed by atoms with Crippen LogP contribution in [0.15, 0.2) is 12.2 Å². The Hall–Kier alpha value is -1.23. The molecule has 0 atom stereocenters. The van der Waals surface area contributed by atoms with E-state index in [0.717, 1.165) is 0 Å². The van der Waals surface area contributed by atoms with Gasteiger partial charge in [-0.1, -0.05) is 12.5 Å². The van der Waals surface area contributed by atoms with Crippen LogP contribution >= 0.6 is 0 Å². The summed E-state index contributed by atoms with van der Waals surface area (Å²) in [5.41, 5.74) is 0.400. The molecule has 0 aliphatic carbocycles. The number of rotatable bonds is 2. The first-order chi connectivity index (χ1) is 4.72. The molecule has 10 heavy (non-hydrogen) atoms. The molecule has 2 heteroatoms. The maximum Gasteiger partial charge on any atom is 0.334 e. The average molecular weight is 138 g/mol. The van der Waals surface area contributed by atoms with Crippen molar-refractivity contribution in [1.82, 2.24) is 0 Å². The fraction of sp³-hybridized carbons (Fsp3) is 0.375. The molecule has 0 saturated heterocycles. The van der Waals surface area contributed by atoms with Crippen LogP contribution in [0.5, 0.6) is 0 Å². The van der Waals surface area contributed by atoms with Crippen molar-refractivity contribution in [2.75, 3.05) is 7.11 Å². The van der Waals surface area contributed by atoms with Gasteiger partial charge in [-0.2, -0.15) is 0 Å². The first-order valence-corrected chi connectivity index (χ1v) is 2.88. The zero-order valence-electron chi connectivity index (χ0n) is 6.23. The molecule has 0 rings (SSSR count). The number of methoxy groups -OCH3 is 1. The van der Waals surface area contributed by atoms with Gasteiger partial charge in [0.25, 0.3) is 0 Å². The summed E-state index contributed by atoms with van der Waals surface area (Å²) >= 11 is 0. The lowest BCUT2D eigenvalue weighted by molar-refractivity contribution is -0.136. The normalized spacial score (nSPS) is 7.40. The molecule has 0 radical (unpaired) electrons. The van der Waals surface area contributed by atoms with Crippen LogP contribution in [0.25, 0.3) is 0 Å². The minimum absolute atomic E-state index is 0.386. The van der Waals surface area contributed by atoms with E-state index < -0.39 is 0 Å².